The smallest absolute Gasteiger partial charge is 0.183 e. The van der Waals surface area contributed by atoms with Crippen LogP contribution in [0.3, 0.4) is 0 Å². The number of rotatable bonds is 4. The molecule has 150 valence electrons. The third-order valence-corrected chi connectivity index (χ3v) is 6.09. The fraction of sp³-hybridized carbons (Fsp3) is 0.167. The Morgan fingerprint density at radius 1 is 1.07 bits per heavy atom. The van der Waals surface area contributed by atoms with E-state index >= 15 is 0 Å². The molecule has 0 bridgehead atoms. The van der Waals surface area contributed by atoms with Gasteiger partial charge in [0, 0.05) is 22.9 Å². The number of hydrogen-bond donors (Lipinski definition) is 0. The Bertz CT molecular complexity index is 1220. The average Bonchev–Trinajstić information content (AvgIpc) is 3.22. The fourth-order valence-electron chi connectivity index (χ4n) is 3.45. The van der Waals surface area contributed by atoms with E-state index in [1.54, 1.807) is 12.3 Å². The van der Waals surface area contributed by atoms with Gasteiger partial charge in [0.2, 0.25) is 0 Å². The first kappa shape index (κ1) is 19.1. The molecule has 0 spiro atoms. The second-order valence-electron chi connectivity index (χ2n) is 7.06. The molecule has 0 atom stereocenters. The van der Waals surface area contributed by atoms with Crippen molar-refractivity contribution in [1.29, 1.82) is 0 Å². The molecule has 30 heavy (non-hydrogen) atoms. The highest BCUT2D eigenvalue weighted by molar-refractivity contribution is 7.21. The third-order valence-electron chi connectivity index (χ3n) is 5.03. The summed E-state index contributed by atoms with van der Waals surface area (Å²) >= 11 is 1.46. The first-order valence-corrected chi connectivity index (χ1v) is 10.5. The minimum atomic E-state index is -0.502. The lowest BCUT2D eigenvalue weighted by molar-refractivity contribution is -0.183. The highest BCUT2D eigenvalue weighted by Crippen LogP contribution is 2.35. The highest BCUT2D eigenvalue weighted by Gasteiger charge is 2.19. The molecule has 5 rings (SSSR count). The monoisotopic (exact) mass is 418 g/mol. The van der Waals surface area contributed by atoms with Crippen LogP contribution in [0.25, 0.3) is 26.4 Å². The van der Waals surface area contributed by atoms with E-state index < -0.39 is 6.29 Å². The van der Waals surface area contributed by atoms with E-state index in [0.717, 1.165) is 33.5 Å². The van der Waals surface area contributed by atoms with Crippen LogP contribution >= 0.6 is 11.3 Å². The summed E-state index contributed by atoms with van der Waals surface area (Å²) < 4.78 is 27.0. The number of thiazole rings is 1. The van der Waals surface area contributed by atoms with E-state index in [2.05, 4.69) is 16.5 Å². The number of halogens is 1. The number of ether oxygens (including phenoxy) is 2. The third kappa shape index (κ3) is 3.65. The van der Waals surface area contributed by atoms with Gasteiger partial charge in [-0.05, 0) is 48.4 Å². The van der Waals surface area contributed by atoms with Crippen LogP contribution in [0, 0.1) is 5.82 Å². The lowest BCUT2D eigenvalue weighted by atomic mass is 10.0. The molecule has 0 N–H and O–H groups in total. The predicted molar refractivity (Wildman–Crippen MR) is 117 cm³/mol. The van der Waals surface area contributed by atoms with Gasteiger partial charge in [0.05, 0.1) is 29.1 Å². The van der Waals surface area contributed by atoms with Crippen molar-refractivity contribution in [3.63, 3.8) is 0 Å². The van der Waals surface area contributed by atoms with E-state index in [1.165, 1.54) is 17.4 Å². The van der Waals surface area contributed by atoms with Crippen molar-refractivity contribution in [1.82, 2.24) is 9.97 Å². The molecule has 0 radical (unpaired) electrons. The molecule has 0 unspecified atom stereocenters. The molecule has 1 fully saturated rings. The first-order valence-electron chi connectivity index (χ1n) is 9.73. The summed E-state index contributed by atoms with van der Waals surface area (Å²) in [6.45, 7) is 5.42. The molecule has 6 heteroatoms. The van der Waals surface area contributed by atoms with Gasteiger partial charge >= 0.3 is 0 Å². The summed E-state index contributed by atoms with van der Waals surface area (Å²) in [6, 6.07) is 16.8. The van der Waals surface area contributed by atoms with Crippen LogP contribution in [-0.2, 0) is 9.47 Å². The minimum absolute atomic E-state index is 0.331. The van der Waals surface area contributed by atoms with Crippen molar-refractivity contribution in [2.75, 3.05) is 13.2 Å². The summed E-state index contributed by atoms with van der Waals surface area (Å²) in [5.74, 6) is -0.331. The number of pyridine rings is 1. The normalized spacial score (nSPS) is 14.8. The summed E-state index contributed by atoms with van der Waals surface area (Å²) in [4.78, 5) is 8.99. The highest BCUT2D eigenvalue weighted by atomic mass is 32.1. The van der Waals surface area contributed by atoms with Crippen molar-refractivity contribution in [3.05, 3.63) is 90.0 Å². The molecule has 1 saturated heterocycles. The van der Waals surface area contributed by atoms with Crippen LogP contribution < -0.4 is 0 Å². The summed E-state index contributed by atoms with van der Waals surface area (Å²) in [7, 11) is 0. The van der Waals surface area contributed by atoms with Gasteiger partial charge in [-0.2, -0.15) is 0 Å². The van der Waals surface area contributed by atoms with Crippen LogP contribution in [-0.4, -0.2) is 23.2 Å². The van der Waals surface area contributed by atoms with Crippen LogP contribution in [0.15, 0.2) is 67.4 Å². The quantitative estimate of drug-likeness (QED) is 0.408. The Morgan fingerprint density at radius 2 is 1.93 bits per heavy atom. The first-order chi connectivity index (χ1) is 14.7. The fourth-order valence-corrected chi connectivity index (χ4v) is 4.48. The van der Waals surface area contributed by atoms with Gasteiger partial charge in [-0.25, -0.2) is 9.37 Å². The molecule has 0 aliphatic carbocycles. The molecule has 1 aliphatic rings. The summed E-state index contributed by atoms with van der Waals surface area (Å²) in [6.07, 6.45) is 2.11. The van der Waals surface area contributed by atoms with Crippen molar-refractivity contribution < 1.29 is 13.9 Å². The van der Waals surface area contributed by atoms with Crippen LogP contribution in [0.4, 0.5) is 4.39 Å². The second-order valence-corrected chi connectivity index (χ2v) is 8.09. The van der Waals surface area contributed by atoms with Gasteiger partial charge in [-0.3, -0.25) is 4.98 Å². The van der Waals surface area contributed by atoms with E-state index in [0.29, 0.717) is 29.3 Å². The SMILES string of the molecule is C=C(c1ccc2nc(-c3ccc(C4OCCCO4)cc3F)sc2c1)c1ccccn1. The zero-order chi connectivity index (χ0) is 20.5. The average molecular weight is 418 g/mol. The molecule has 1 aliphatic heterocycles. The lowest BCUT2D eigenvalue weighted by Gasteiger charge is -2.23. The Morgan fingerprint density at radius 3 is 2.70 bits per heavy atom. The van der Waals surface area contributed by atoms with Crippen LogP contribution in [0.5, 0.6) is 0 Å². The van der Waals surface area contributed by atoms with E-state index in [9.17, 15) is 4.39 Å². The molecular formula is C24H19FN2O2S. The van der Waals surface area contributed by atoms with Gasteiger partial charge in [0.25, 0.3) is 0 Å². The van der Waals surface area contributed by atoms with Gasteiger partial charge < -0.3 is 9.47 Å². The van der Waals surface area contributed by atoms with E-state index in [4.69, 9.17) is 9.47 Å². The Hall–Kier alpha value is -2.93. The summed E-state index contributed by atoms with van der Waals surface area (Å²) in [5, 5.41) is 0.639. The largest absolute Gasteiger partial charge is 0.348 e. The van der Waals surface area contributed by atoms with Crippen molar-refractivity contribution in [2.24, 2.45) is 0 Å². The van der Waals surface area contributed by atoms with Crippen molar-refractivity contribution >= 4 is 27.1 Å². The van der Waals surface area contributed by atoms with Crippen molar-refractivity contribution in [2.45, 2.75) is 12.7 Å². The lowest BCUT2D eigenvalue weighted by Crippen LogP contribution is -2.17. The Kier molecular flexibility index (Phi) is 5.12. The molecule has 0 amide bonds. The van der Waals surface area contributed by atoms with Crippen LogP contribution in [0.2, 0.25) is 0 Å². The maximum Gasteiger partial charge on any atom is 0.183 e. The number of nitrogens with zero attached hydrogens (tertiary/aromatic N) is 2. The maximum absolute atomic E-state index is 14.9. The number of hydrogen-bond acceptors (Lipinski definition) is 5. The van der Waals surface area contributed by atoms with Crippen molar-refractivity contribution in [3.8, 4) is 10.6 Å². The Labute approximate surface area is 177 Å². The summed E-state index contributed by atoms with van der Waals surface area (Å²) in [5.41, 5.74) is 4.63. The number of benzene rings is 2. The predicted octanol–water partition coefficient (Wildman–Crippen LogP) is 5.99. The maximum atomic E-state index is 14.9. The molecule has 4 aromatic rings. The zero-order valence-corrected chi connectivity index (χ0v) is 17.0. The van der Waals surface area contributed by atoms with Gasteiger partial charge in [-0.1, -0.05) is 24.8 Å². The molecule has 4 nitrogen and oxygen atoms in total. The van der Waals surface area contributed by atoms with Gasteiger partial charge in [-0.15, -0.1) is 11.3 Å². The molecule has 0 saturated carbocycles. The molecule has 3 heterocycles. The molecule has 2 aromatic heterocycles. The van der Waals surface area contributed by atoms with Gasteiger partial charge in [0.1, 0.15) is 10.8 Å². The topological polar surface area (TPSA) is 44.2 Å². The molecule has 2 aromatic carbocycles. The second kappa shape index (κ2) is 8.07. The molecular weight excluding hydrogens is 399 g/mol. The number of aromatic nitrogens is 2. The van der Waals surface area contributed by atoms with E-state index in [1.807, 2.05) is 42.5 Å². The van der Waals surface area contributed by atoms with Crippen LogP contribution in [0.1, 0.15) is 29.5 Å². The minimum Gasteiger partial charge on any atom is -0.348 e. The Balaban J connectivity index is 1.46. The standard InChI is InChI=1S/C24H19FN2O2S/c1-15(20-5-2-3-10-26-20)16-7-9-21-22(14-16)30-23(27-21)18-8-6-17(13-19(18)25)24-28-11-4-12-29-24/h2-3,5-10,13-14,24H,1,4,11-12H2. The van der Waals surface area contributed by atoms with E-state index in [-0.39, 0.29) is 5.82 Å². The number of fused-ring (bicyclic) bond motifs is 1. The van der Waals surface area contributed by atoms with Gasteiger partial charge in [0.15, 0.2) is 6.29 Å². The zero-order valence-electron chi connectivity index (χ0n) is 16.2.